The number of hydrogen-bond donors (Lipinski definition) is 0. The Kier molecular flexibility index (Phi) is 5.14. The van der Waals surface area contributed by atoms with Crippen molar-refractivity contribution in [3.63, 3.8) is 0 Å². The van der Waals surface area contributed by atoms with Crippen LogP contribution in [0.4, 0.5) is 0 Å². The van der Waals surface area contributed by atoms with Crippen LogP contribution in [0.3, 0.4) is 0 Å². The quantitative estimate of drug-likeness (QED) is 0.761. The summed E-state index contributed by atoms with van der Waals surface area (Å²) in [5.41, 5.74) is 0.683. The zero-order valence-electron chi connectivity index (χ0n) is 11.2. The summed E-state index contributed by atoms with van der Waals surface area (Å²) in [6.07, 6.45) is 0. The van der Waals surface area contributed by atoms with Crippen LogP contribution in [0, 0.1) is 6.92 Å². The van der Waals surface area contributed by atoms with Gasteiger partial charge in [-0.05, 0) is 38.1 Å². The maximum atomic E-state index is 11.7. The first-order chi connectivity index (χ1) is 9.60. The van der Waals surface area contributed by atoms with E-state index < -0.39 is 0 Å². The van der Waals surface area contributed by atoms with Crippen LogP contribution in [0.5, 0.6) is 5.75 Å². The molecule has 1 aromatic carbocycles. The van der Waals surface area contributed by atoms with Crippen LogP contribution in [-0.4, -0.2) is 17.6 Å². The van der Waals surface area contributed by atoms with Crippen LogP contribution in [0.1, 0.15) is 27.3 Å². The average Bonchev–Trinajstić information content (AvgIpc) is 2.80. The van der Waals surface area contributed by atoms with Gasteiger partial charge in [0.2, 0.25) is 0 Å². The molecule has 0 saturated carbocycles. The lowest BCUT2D eigenvalue weighted by Gasteiger charge is -2.03. The fourth-order valence-corrected chi connectivity index (χ4v) is 2.71. The largest absolute Gasteiger partial charge is 0.486 e. The number of aromatic nitrogens is 1. The van der Waals surface area contributed by atoms with Gasteiger partial charge in [0.15, 0.2) is 0 Å². The second-order valence-electron chi connectivity index (χ2n) is 3.99. The molecule has 4 nitrogen and oxygen atoms in total. The first-order valence-corrected chi connectivity index (χ1v) is 7.73. The topological polar surface area (TPSA) is 48.4 Å². The fourth-order valence-electron chi connectivity index (χ4n) is 1.58. The van der Waals surface area contributed by atoms with Crippen LogP contribution in [-0.2, 0) is 11.3 Å². The molecule has 2 rings (SSSR count). The highest BCUT2D eigenvalue weighted by Gasteiger charge is 2.16. The number of halogens is 1. The number of hydrogen-bond acceptors (Lipinski definition) is 5. The van der Waals surface area contributed by atoms with E-state index in [1.807, 2.05) is 24.3 Å². The van der Waals surface area contributed by atoms with Gasteiger partial charge in [-0.3, -0.25) is 0 Å². The fraction of sp³-hybridized carbons (Fsp3) is 0.286. The van der Waals surface area contributed by atoms with E-state index in [0.29, 0.717) is 23.8 Å². The van der Waals surface area contributed by atoms with Crippen molar-refractivity contribution in [1.29, 1.82) is 0 Å². The SMILES string of the molecule is CCOC(=O)c1sc(COc2ccc(Br)cc2)nc1C. The molecule has 1 aromatic heterocycles. The summed E-state index contributed by atoms with van der Waals surface area (Å²) in [5, 5.41) is 0.758. The van der Waals surface area contributed by atoms with E-state index in [-0.39, 0.29) is 5.97 Å². The molecule has 0 aliphatic heterocycles. The van der Waals surface area contributed by atoms with Gasteiger partial charge in [-0.15, -0.1) is 11.3 Å². The third kappa shape index (κ3) is 3.80. The number of esters is 1. The Morgan fingerprint density at radius 2 is 2.05 bits per heavy atom. The van der Waals surface area contributed by atoms with E-state index in [9.17, 15) is 4.79 Å². The molecule has 6 heteroatoms. The Labute approximate surface area is 129 Å². The van der Waals surface area contributed by atoms with Gasteiger partial charge in [-0.25, -0.2) is 9.78 Å². The summed E-state index contributed by atoms with van der Waals surface area (Å²) >= 11 is 4.68. The van der Waals surface area contributed by atoms with E-state index >= 15 is 0 Å². The van der Waals surface area contributed by atoms with Gasteiger partial charge in [0.05, 0.1) is 12.3 Å². The molecular weight excluding hydrogens is 342 g/mol. The van der Waals surface area contributed by atoms with Crippen molar-refractivity contribution in [1.82, 2.24) is 4.98 Å². The molecule has 0 unspecified atom stereocenters. The van der Waals surface area contributed by atoms with E-state index in [1.54, 1.807) is 13.8 Å². The highest BCUT2D eigenvalue weighted by molar-refractivity contribution is 9.10. The third-order valence-electron chi connectivity index (χ3n) is 2.48. The summed E-state index contributed by atoms with van der Waals surface area (Å²) in [7, 11) is 0. The molecule has 0 bridgehead atoms. The highest BCUT2D eigenvalue weighted by atomic mass is 79.9. The molecule has 0 atom stereocenters. The molecule has 0 aliphatic rings. The summed E-state index contributed by atoms with van der Waals surface area (Å²) in [6.45, 7) is 4.28. The minimum atomic E-state index is -0.322. The number of aryl methyl sites for hydroxylation is 1. The smallest absolute Gasteiger partial charge is 0.350 e. The lowest BCUT2D eigenvalue weighted by molar-refractivity contribution is 0.0531. The van der Waals surface area contributed by atoms with Crippen molar-refractivity contribution in [2.75, 3.05) is 6.61 Å². The second kappa shape index (κ2) is 6.85. The van der Waals surface area contributed by atoms with E-state index in [1.165, 1.54) is 11.3 Å². The Hall–Kier alpha value is -1.40. The highest BCUT2D eigenvalue weighted by Crippen LogP contribution is 2.22. The predicted molar refractivity (Wildman–Crippen MR) is 81.3 cm³/mol. The number of carbonyl (C=O) groups excluding carboxylic acids is 1. The molecule has 0 amide bonds. The van der Waals surface area contributed by atoms with E-state index in [4.69, 9.17) is 9.47 Å². The van der Waals surface area contributed by atoms with Crippen molar-refractivity contribution in [3.05, 3.63) is 44.3 Å². The minimum Gasteiger partial charge on any atom is -0.486 e. The molecule has 0 saturated heterocycles. The molecule has 0 radical (unpaired) electrons. The first-order valence-electron chi connectivity index (χ1n) is 6.12. The first kappa shape index (κ1) is 15.0. The number of rotatable bonds is 5. The molecule has 106 valence electrons. The van der Waals surface area contributed by atoms with Crippen LogP contribution < -0.4 is 4.74 Å². The second-order valence-corrected chi connectivity index (χ2v) is 5.98. The zero-order valence-corrected chi connectivity index (χ0v) is 13.6. The Morgan fingerprint density at radius 1 is 1.35 bits per heavy atom. The normalized spacial score (nSPS) is 10.3. The van der Waals surface area contributed by atoms with Crippen LogP contribution >= 0.6 is 27.3 Å². The molecule has 0 spiro atoms. The van der Waals surface area contributed by atoms with Crippen LogP contribution in [0.15, 0.2) is 28.7 Å². The Bertz CT molecular complexity index is 595. The van der Waals surface area contributed by atoms with Crippen molar-refractivity contribution in [3.8, 4) is 5.75 Å². The van der Waals surface area contributed by atoms with Crippen molar-refractivity contribution >= 4 is 33.2 Å². The summed E-state index contributed by atoms with van der Waals surface area (Å²) in [6, 6.07) is 7.56. The zero-order chi connectivity index (χ0) is 14.5. The Balaban J connectivity index is 2.01. The summed E-state index contributed by atoms with van der Waals surface area (Å²) in [4.78, 5) is 16.6. The van der Waals surface area contributed by atoms with Gasteiger partial charge in [0.25, 0.3) is 0 Å². The standard InChI is InChI=1S/C14H14BrNO3S/c1-3-18-14(17)13-9(2)16-12(20-13)8-19-11-6-4-10(15)5-7-11/h4-7H,3,8H2,1-2H3. The molecule has 20 heavy (non-hydrogen) atoms. The van der Waals surface area contributed by atoms with Crippen molar-refractivity contribution in [2.45, 2.75) is 20.5 Å². The van der Waals surface area contributed by atoms with Gasteiger partial charge in [0, 0.05) is 4.47 Å². The lowest BCUT2D eigenvalue weighted by atomic mass is 10.3. The van der Waals surface area contributed by atoms with Crippen molar-refractivity contribution < 1.29 is 14.3 Å². The van der Waals surface area contributed by atoms with Crippen LogP contribution in [0.25, 0.3) is 0 Å². The lowest BCUT2D eigenvalue weighted by Crippen LogP contribution is -2.03. The molecule has 2 aromatic rings. The number of carbonyl (C=O) groups is 1. The average molecular weight is 356 g/mol. The number of ether oxygens (including phenoxy) is 2. The molecule has 0 N–H and O–H groups in total. The molecule has 0 aliphatic carbocycles. The maximum absolute atomic E-state index is 11.7. The van der Waals surface area contributed by atoms with Gasteiger partial charge in [0.1, 0.15) is 22.2 Å². The molecule has 1 heterocycles. The van der Waals surface area contributed by atoms with E-state index in [0.717, 1.165) is 15.2 Å². The minimum absolute atomic E-state index is 0.322. The van der Waals surface area contributed by atoms with Gasteiger partial charge in [-0.1, -0.05) is 15.9 Å². The number of benzene rings is 1. The number of nitrogens with zero attached hydrogens (tertiary/aromatic N) is 1. The third-order valence-corrected chi connectivity index (χ3v) is 4.12. The van der Waals surface area contributed by atoms with Gasteiger partial charge >= 0.3 is 5.97 Å². The van der Waals surface area contributed by atoms with E-state index in [2.05, 4.69) is 20.9 Å². The summed E-state index contributed by atoms with van der Waals surface area (Å²) < 4.78 is 11.6. The molecular formula is C14H14BrNO3S. The van der Waals surface area contributed by atoms with Crippen molar-refractivity contribution in [2.24, 2.45) is 0 Å². The molecule has 0 fully saturated rings. The summed E-state index contributed by atoms with van der Waals surface area (Å²) in [5.74, 6) is 0.441. The number of thiazole rings is 1. The maximum Gasteiger partial charge on any atom is 0.350 e. The Morgan fingerprint density at radius 3 is 2.70 bits per heavy atom. The van der Waals surface area contributed by atoms with Gasteiger partial charge in [-0.2, -0.15) is 0 Å². The van der Waals surface area contributed by atoms with Crippen LogP contribution in [0.2, 0.25) is 0 Å². The monoisotopic (exact) mass is 355 g/mol. The predicted octanol–water partition coefficient (Wildman–Crippen LogP) is 3.97. The van der Waals surface area contributed by atoms with Gasteiger partial charge < -0.3 is 9.47 Å².